The highest BCUT2D eigenvalue weighted by Gasteiger charge is 2.31. The zero-order chi connectivity index (χ0) is 17.7. The minimum absolute atomic E-state index is 0.184. The summed E-state index contributed by atoms with van der Waals surface area (Å²) in [5, 5.41) is 0. The predicted molar refractivity (Wildman–Crippen MR) is 87.9 cm³/mol. The minimum atomic E-state index is -4.65. The van der Waals surface area contributed by atoms with Gasteiger partial charge in [0.15, 0.2) is 0 Å². The summed E-state index contributed by atoms with van der Waals surface area (Å²) in [5.41, 5.74) is 2.05. The molecule has 1 aromatic heterocycles. The van der Waals surface area contributed by atoms with Crippen LogP contribution in [0.5, 0.6) is 5.75 Å². The molecule has 0 radical (unpaired) electrons. The summed E-state index contributed by atoms with van der Waals surface area (Å²) in [6, 6.07) is 12.0. The monoisotopic (exact) mass is 351 g/mol. The van der Waals surface area contributed by atoms with Gasteiger partial charge in [0.1, 0.15) is 5.75 Å². The van der Waals surface area contributed by atoms with Gasteiger partial charge in [0.2, 0.25) is 0 Å². The lowest BCUT2D eigenvalue weighted by atomic mass is 10.2. The minimum Gasteiger partial charge on any atom is -0.406 e. The normalized spacial score (nSPS) is 16.8. The van der Waals surface area contributed by atoms with Gasteiger partial charge in [0.25, 0.3) is 0 Å². The quantitative estimate of drug-likeness (QED) is 0.826. The van der Waals surface area contributed by atoms with E-state index in [4.69, 9.17) is 0 Å². The Balaban J connectivity index is 1.46. The summed E-state index contributed by atoms with van der Waals surface area (Å²) in [4.78, 5) is 9.01. The number of hydrogen-bond donors (Lipinski definition) is 0. The fourth-order valence-corrected chi connectivity index (χ4v) is 2.88. The second-order valence-corrected chi connectivity index (χ2v) is 6.07. The average Bonchev–Trinajstić information content (AvgIpc) is 2.58. The van der Waals surface area contributed by atoms with Crippen molar-refractivity contribution in [2.24, 2.45) is 0 Å². The van der Waals surface area contributed by atoms with Crippen LogP contribution in [0.25, 0.3) is 0 Å². The van der Waals surface area contributed by atoms with Gasteiger partial charge in [-0.25, -0.2) is 0 Å². The number of alkyl halides is 3. The van der Waals surface area contributed by atoms with E-state index < -0.39 is 6.36 Å². The van der Waals surface area contributed by atoms with Crippen molar-refractivity contribution in [1.82, 2.24) is 14.8 Å². The zero-order valence-corrected chi connectivity index (χ0v) is 13.7. The van der Waals surface area contributed by atoms with E-state index in [-0.39, 0.29) is 5.75 Å². The Kier molecular flexibility index (Phi) is 5.55. The molecule has 2 aromatic rings. The van der Waals surface area contributed by atoms with Gasteiger partial charge in [-0.05, 0) is 29.8 Å². The molecule has 4 nitrogen and oxygen atoms in total. The molecular formula is C18H20F3N3O. The number of piperazine rings is 1. The predicted octanol–water partition coefficient (Wildman–Crippen LogP) is 3.30. The first kappa shape index (κ1) is 17.7. The van der Waals surface area contributed by atoms with E-state index in [0.717, 1.165) is 50.5 Å². The highest BCUT2D eigenvalue weighted by atomic mass is 19.4. The Morgan fingerprint density at radius 1 is 0.880 bits per heavy atom. The molecule has 1 aliphatic heterocycles. The second kappa shape index (κ2) is 7.84. The molecule has 1 aromatic carbocycles. The first-order chi connectivity index (χ1) is 12.0. The molecular weight excluding hydrogens is 331 g/mol. The first-order valence-electron chi connectivity index (χ1n) is 8.17. The second-order valence-electron chi connectivity index (χ2n) is 6.07. The molecule has 0 aliphatic carbocycles. The molecule has 7 heteroatoms. The molecule has 134 valence electrons. The number of pyridine rings is 1. The van der Waals surface area contributed by atoms with Crippen LogP contribution in [-0.4, -0.2) is 47.3 Å². The van der Waals surface area contributed by atoms with Crippen LogP contribution in [-0.2, 0) is 13.1 Å². The van der Waals surface area contributed by atoms with Gasteiger partial charge in [-0.1, -0.05) is 18.2 Å². The maximum atomic E-state index is 12.2. The Morgan fingerprint density at radius 3 is 2.08 bits per heavy atom. The van der Waals surface area contributed by atoms with Crippen LogP contribution >= 0.6 is 0 Å². The van der Waals surface area contributed by atoms with Crippen molar-refractivity contribution in [3.8, 4) is 5.75 Å². The Morgan fingerprint density at radius 2 is 1.52 bits per heavy atom. The summed E-state index contributed by atoms with van der Waals surface area (Å²) < 4.78 is 40.4. The van der Waals surface area contributed by atoms with Crippen LogP contribution in [0.3, 0.4) is 0 Å². The standard InChI is InChI=1S/C18H20F3N3O/c19-18(20,21)25-17-6-4-15(5-7-17)13-23-9-11-24(12-10-23)14-16-3-1-2-8-22-16/h1-8H,9-14H2. The fraction of sp³-hybridized carbons (Fsp3) is 0.389. The van der Waals surface area contributed by atoms with Crippen LogP contribution in [0.1, 0.15) is 11.3 Å². The van der Waals surface area contributed by atoms with Crippen LogP contribution in [0.4, 0.5) is 13.2 Å². The van der Waals surface area contributed by atoms with E-state index in [1.807, 2.05) is 18.2 Å². The molecule has 0 bridgehead atoms. The number of benzene rings is 1. The van der Waals surface area contributed by atoms with E-state index in [0.29, 0.717) is 0 Å². The number of halogens is 3. The summed E-state index contributed by atoms with van der Waals surface area (Å²) in [5.74, 6) is -0.184. The molecule has 0 saturated carbocycles. The van der Waals surface area contributed by atoms with Crippen LogP contribution in [0, 0.1) is 0 Å². The van der Waals surface area contributed by atoms with Crippen molar-refractivity contribution in [2.45, 2.75) is 19.5 Å². The molecule has 0 N–H and O–H groups in total. The molecule has 0 unspecified atom stereocenters. The van der Waals surface area contributed by atoms with Gasteiger partial charge >= 0.3 is 6.36 Å². The van der Waals surface area contributed by atoms with Crippen LogP contribution < -0.4 is 4.74 Å². The highest BCUT2D eigenvalue weighted by molar-refractivity contribution is 5.27. The van der Waals surface area contributed by atoms with Gasteiger partial charge in [0, 0.05) is 45.5 Å². The average molecular weight is 351 g/mol. The molecule has 1 saturated heterocycles. The number of rotatable bonds is 5. The number of ether oxygens (including phenoxy) is 1. The van der Waals surface area contributed by atoms with Crippen molar-refractivity contribution >= 4 is 0 Å². The molecule has 0 atom stereocenters. The van der Waals surface area contributed by atoms with Gasteiger partial charge in [-0.2, -0.15) is 0 Å². The lowest BCUT2D eigenvalue weighted by molar-refractivity contribution is -0.274. The third-order valence-electron chi connectivity index (χ3n) is 4.14. The number of hydrogen-bond acceptors (Lipinski definition) is 4. The van der Waals surface area contributed by atoms with Crippen molar-refractivity contribution in [3.05, 3.63) is 59.9 Å². The summed E-state index contributed by atoms with van der Waals surface area (Å²) in [6.45, 7) is 5.32. The van der Waals surface area contributed by atoms with Gasteiger partial charge in [0.05, 0.1) is 5.69 Å². The largest absolute Gasteiger partial charge is 0.573 e. The van der Waals surface area contributed by atoms with E-state index in [1.54, 1.807) is 18.3 Å². The number of nitrogens with zero attached hydrogens (tertiary/aromatic N) is 3. The smallest absolute Gasteiger partial charge is 0.406 e. The van der Waals surface area contributed by atoms with Crippen LogP contribution in [0.2, 0.25) is 0 Å². The SMILES string of the molecule is FC(F)(F)Oc1ccc(CN2CCN(Cc3ccccn3)CC2)cc1. The van der Waals surface area contributed by atoms with Crippen LogP contribution in [0.15, 0.2) is 48.7 Å². The molecule has 3 rings (SSSR count). The Hall–Kier alpha value is -2.12. The van der Waals surface area contributed by atoms with E-state index in [9.17, 15) is 13.2 Å². The van der Waals surface area contributed by atoms with Gasteiger partial charge in [-0.15, -0.1) is 13.2 Å². The summed E-state index contributed by atoms with van der Waals surface area (Å²) >= 11 is 0. The maximum Gasteiger partial charge on any atom is 0.573 e. The Bertz CT molecular complexity index is 654. The van der Waals surface area contributed by atoms with E-state index >= 15 is 0 Å². The van der Waals surface area contributed by atoms with E-state index in [2.05, 4.69) is 19.5 Å². The maximum absolute atomic E-state index is 12.2. The van der Waals surface area contributed by atoms with Crippen molar-refractivity contribution < 1.29 is 17.9 Å². The van der Waals surface area contributed by atoms with Crippen molar-refractivity contribution in [3.63, 3.8) is 0 Å². The fourth-order valence-electron chi connectivity index (χ4n) is 2.88. The van der Waals surface area contributed by atoms with Crippen molar-refractivity contribution in [2.75, 3.05) is 26.2 Å². The Labute approximate surface area is 144 Å². The number of aromatic nitrogens is 1. The highest BCUT2D eigenvalue weighted by Crippen LogP contribution is 2.23. The summed E-state index contributed by atoms with van der Waals surface area (Å²) in [7, 11) is 0. The lowest BCUT2D eigenvalue weighted by Crippen LogP contribution is -2.45. The first-order valence-corrected chi connectivity index (χ1v) is 8.17. The topological polar surface area (TPSA) is 28.6 Å². The molecule has 2 heterocycles. The zero-order valence-electron chi connectivity index (χ0n) is 13.7. The molecule has 25 heavy (non-hydrogen) atoms. The summed E-state index contributed by atoms with van der Waals surface area (Å²) in [6.07, 6.45) is -2.84. The molecule has 0 amide bonds. The molecule has 0 spiro atoms. The third-order valence-corrected chi connectivity index (χ3v) is 4.14. The van der Waals surface area contributed by atoms with Gasteiger partial charge in [-0.3, -0.25) is 14.8 Å². The van der Waals surface area contributed by atoms with Crippen molar-refractivity contribution in [1.29, 1.82) is 0 Å². The van der Waals surface area contributed by atoms with E-state index in [1.165, 1.54) is 12.1 Å². The third kappa shape index (κ3) is 5.72. The molecule has 1 fully saturated rings. The molecule has 1 aliphatic rings. The van der Waals surface area contributed by atoms with Gasteiger partial charge < -0.3 is 4.74 Å². The lowest BCUT2D eigenvalue weighted by Gasteiger charge is -2.34.